The molecule has 0 aliphatic heterocycles. The monoisotopic (exact) mass is 844 g/mol. The van der Waals surface area contributed by atoms with E-state index in [0.29, 0.717) is 0 Å². The van der Waals surface area contributed by atoms with Crippen LogP contribution in [0.3, 0.4) is 0 Å². The van der Waals surface area contributed by atoms with Crippen molar-refractivity contribution in [2.45, 2.75) is 13.8 Å². The molecule has 0 saturated carbocycles. The summed E-state index contributed by atoms with van der Waals surface area (Å²) in [7, 11) is -1.70. The molecule has 0 saturated heterocycles. The van der Waals surface area contributed by atoms with Gasteiger partial charge in [0.2, 0.25) is 0 Å². The van der Waals surface area contributed by atoms with Crippen LogP contribution in [-0.4, -0.2) is 22.2 Å². The van der Waals surface area contributed by atoms with Crippen molar-refractivity contribution in [1.82, 2.24) is 0 Å². The zero-order valence-electron chi connectivity index (χ0n) is 30.4. The van der Waals surface area contributed by atoms with Gasteiger partial charge in [-0.1, -0.05) is 194 Å². The van der Waals surface area contributed by atoms with Crippen LogP contribution in [0.25, 0.3) is 32.7 Å². The zero-order valence-corrected chi connectivity index (χ0v) is 34.0. The second kappa shape index (κ2) is 19.9. The van der Waals surface area contributed by atoms with Crippen molar-refractivity contribution in [2.75, 3.05) is 0 Å². The van der Waals surface area contributed by atoms with Crippen LogP contribution >= 0.6 is 15.8 Å². The molecule has 0 radical (unpaired) electrons. The molecular formula is C48H40O4P2Ru. The number of hydrogen-bond donors (Lipinski definition) is 2. The molecule has 0 spiro atoms. The summed E-state index contributed by atoms with van der Waals surface area (Å²) in [4.78, 5) is 18.0. The van der Waals surface area contributed by atoms with Gasteiger partial charge in [-0.25, -0.2) is 0 Å². The molecule has 0 amide bonds. The van der Waals surface area contributed by atoms with E-state index >= 15 is 0 Å². The average molecular weight is 844 g/mol. The minimum absolute atomic E-state index is 0. The summed E-state index contributed by atoms with van der Waals surface area (Å²) in [5.74, 6) is -1.67. The van der Waals surface area contributed by atoms with Crippen LogP contribution in [0.15, 0.2) is 194 Å². The number of carboxylic acids is 2. The Morgan fingerprint density at radius 2 is 0.600 bits per heavy atom. The molecule has 274 valence electrons. The molecule has 4 nitrogen and oxygen atoms in total. The summed E-state index contributed by atoms with van der Waals surface area (Å²) in [6, 6.07) is 71.8. The van der Waals surface area contributed by atoms with Gasteiger partial charge in [-0.15, -0.1) is 0 Å². The Balaban J connectivity index is 0.000000591. The maximum atomic E-state index is 9.00. The Kier molecular flexibility index (Phi) is 14.8. The molecule has 0 atom stereocenters. The molecule has 0 aliphatic rings. The van der Waals surface area contributed by atoms with Gasteiger partial charge in [0.15, 0.2) is 0 Å². The van der Waals surface area contributed by atoms with Crippen molar-refractivity contribution in [2.24, 2.45) is 0 Å². The van der Waals surface area contributed by atoms with E-state index in [1.807, 2.05) is 0 Å². The van der Waals surface area contributed by atoms with Crippen LogP contribution in [-0.2, 0) is 29.1 Å². The van der Waals surface area contributed by atoms with E-state index in [0.717, 1.165) is 13.8 Å². The normalized spacial score (nSPS) is 10.5. The summed E-state index contributed by atoms with van der Waals surface area (Å²) in [6.07, 6.45) is 0. The van der Waals surface area contributed by atoms with Crippen LogP contribution in [0.2, 0.25) is 0 Å². The second-order valence-corrected chi connectivity index (χ2v) is 16.8. The minimum Gasteiger partial charge on any atom is -0.481 e. The number of hydrogen-bond acceptors (Lipinski definition) is 2. The maximum absolute atomic E-state index is 9.00. The molecular weight excluding hydrogens is 804 g/mol. The fraction of sp³-hybridized carbons (Fsp3) is 0.0417. The molecule has 7 heteroatoms. The molecule has 0 bridgehead atoms. The van der Waals surface area contributed by atoms with Crippen molar-refractivity contribution in [3.63, 3.8) is 0 Å². The number of carboxylic acid groups (broad SMARTS) is 2. The summed E-state index contributed by atoms with van der Waals surface area (Å²) < 4.78 is 0. The first-order valence-electron chi connectivity index (χ1n) is 17.6. The molecule has 0 unspecified atom stereocenters. The standard InChI is InChI=1S/C44H32P2.2C2H4O2.Ru/c1-5-19-35(20-6-1)45(36-21-7-2-8-22-36)41-31-29-33-17-13-15-27-39(33)43(41)44-40-28-16-14-18-34(40)30-32-42(44)46(37-23-9-3-10-24-37)38-25-11-4-12-26-38;2*1-2(3)4;/h1-32H;2*1H3,(H,3,4);. The summed E-state index contributed by atoms with van der Waals surface area (Å²) in [6.45, 7) is 2.17. The van der Waals surface area contributed by atoms with Crippen LogP contribution in [0.1, 0.15) is 13.8 Å². The Hall–Kier alpha value is -5.30. The summed E-state index contributed by atoms with van der Waals surface area (Å²) in [5.41, 5.74) is 2.70. The van der Waals surface area contributed by atoms with Crippen LogP contribution in [0, 0.1) is 0 Å². The first-order chi connectivity index (χ1) is 26.3. The minimum atomic E-state index is -0.852. The van der Waals surface area contributed by atoms with E-state index in [9.17, 15) is 0 Å². The predicted molar refractivity (Wildman–Crippen MR) is 231 cm³/mol. The average Bonchev–Trinajstić information content (AvgIpc) is 3.19. The number of fused-ring (bicyclic) bond motifs is 2. The molecule has 0 fully saturated rings. The fourth-order valence-corrected chi connectivity index (χ4v) is 11.5. The number of benzene rings is 8. The van der Waals surface area contributed by atoms with Crippen molar-refractivity contribution < 1.29 is 39.3 Å². The van der Waals surface area contributed by atoms with Crippen molar-refractivity contribution in [3.8, 4) is 11.1 Å². The van der Waals surface area contributed by atoms with Gasteiger partial charge in [-0.3, -0.25) is 9.59 Å². The maximum Gasteiger partial charge on any atom is 0.300 e. The molecule has 0 aliphatic carbocycles. The van der Waals surface area contributed by atoms with Gasteiger partial charge >= 0.3 is 0 Å². The van der Waals surface area contributed by atoms with Crippen LogP contribution < -0.4 is 31.8 Å². The topological polar surface area (TPSA) is 74.6 Å². The van der Waals surface area contributed by atoms with Crippen molar-refractivity contribution in [3.05, 3.63) is 194 Å². The number of rotatable bonds is 7. The molecule has 0 heterocycles. The van der Waals surface area contributed by atoms with E-state index < -0.39 is 27.8 Å². The Morgan fingerprint density at radius 1 is 0.364 bits per heavy atom. The summed E-state index contributed by atoms with van der Waals surface area (Å²) in [5, 5.41) is 28.2. The van der Waals surface area contributed by atoms with Crippen molar-refractivity contribution >= 4 is 81.2 Å². The smallest absolute Gasteiger partial charge is 0.300 e. The third-order valence-electron chi connectivity index (χ3n) is 8.60. The van der Waals surface area contributed by atoms with Gasteiger partial charge in [0.05, 0.1) is 0 Å². The zero-order chi connectivity index (χ0) is 37.9. The van der Waals surface area contributed by atoms with E-state index in [-0.39, 0.29) is 19.5 Å². The molecule has 8 aromatic carbocycles. The van der Waals surface area contributed by atoms with Crippen LogP contribution in [0.5, 0.6) is 0 Å². The third-order valence-corrected chi connectivity index (χ3v) is 13.6. The number of carbonyl (C=O) groups is 2. The van der Waals surface area contributed by atoms with Gasteiger partial charge in [0.25, 0.3) is 11.9 Å². The molecule has 8 aromatic rings. The molecule has 55 heavy (non-hydrogen) atoms. The Labute approximate surface area is 337 Å². The van der Waals surface area contributed by atoms with Gasteiger partial charge in [-0.2, -0.15) is 0 Å². The molecule has 8 rings (SSSR count). The van der Waals surface area contributed by atoms with Gasteiger partial charge < -0.3 is 10.2 Å². The third kappa shape index (κ3) is 10.1. The summed E-state index contributed by atoms with van der Waals surface area (Å²) >= 11 is 0. The van der Waals surface area contributed by atoms with E-state index in [2.05, 4.69) is 194 Å². The van der Waals surface area contributed by atoms with E-state index in [4.69, 9.17) is 19.8 Å². The van der Waals surface area contributed by atoms with Gasteiger partial charge in [0.1, 0.15) is 0 Å². The predicted octanol–water partition coefficient (Wildman–Crippen LogP) is 9.36. The van der Waals surface area contributed by atoms with Gasteiger partial charge in [-0.05, 0) is 80.3 Å². The quantitative estimate of drug-likeness (QED) is 0.124. The Morgan fingerprint density at radius 3 is 0.873 bits per heavy atom. The van der Waals surface area contributed by atoms with Crippen LogP contribution in [0.4, 0.5) is 0 Å². The first kappa shape index (κ1) is 40.9. The largest absolute Gasteiger partial charge is 0.481 e. The van der Waals surface area contributed by atoms with E-state index in [1.165, 1.54) is 64.5 Å². The molecule has 2 N–H and O–H groups in total. The second-order valence-electron chi connectivity index (χ2n) is 12.4. The van der Waals surface area contributed by atoms with Crippen molar-refractivity contribution in [1.29, 1.82) is 0 Å². The molecule has 0 aromatic heterocycles. The fourth-order valence-electron chi connectivity index (χ4n) is 6.58. The first-order valence-corrected chi connectivity index (χ1v) is 20.2. The van der Waals surface area contributed by atoms with Gasteiger partial charge in [0, 0.05) is 33.3 Å². The Bertz CT molecular complexity index is 2220. The van der Waals surface area contributed by atoms with E-state index in [1.54, 1.807) is 0 Å². The SMILES string of the molecule is CC(=O)O.CC(=O)O.[Ru].c1ccc(P(c2ccccc2)c2ccc3ccccc3c2-c2c(P(c3ccccc3)c3ccccc3)ccc3ccccc23)cc1. The number of aliphatic carboxylic acids is 2.